The predicted molar refractivity (Wildman–Crippen MR) is 170 cm³/mol. The van der Waals surface area contributed by atoms with Gasteiger partial charge in [-0.25, -0.2) is 17.2 Å². The fraction of sp³-hybridized carbons (Fsp3) is 0.441. The Balaban J connectivity index is 1.30. The smallest absolute Gasteiger partial charge is 0.243 e. The molecule has 3 aromatic rings. The van der Waals surface area contributed by atoms with Gasteiger partial charge in [-0.2, -0.15) is 4.31 Å². The molecule has 2 saturated heterocycles. The number of sulfonamides is 1. The summed E-state index contributed by atoms with van der Waals surface area (Å²) in [6.07, 6.45) is 2.74. The molecule has 4 N–H and O–H groups in total. The second kappa shape index (κ2) is 14.9. The minimum atomic E-state index is -3.72. The lowest BCUT2D eigenvalue weighted by atomic mass is 9.76. The van der Waals surface area contributed by atoms with E-state index in [9.17, 15) is 17.6 Å². The van der Waals surface area contributed by atoms with E-state index in [0.29, 0.717) is 56.8 Å². The van der Waals surface area contributed by atoms with Gasteiger partial charge in [-0.15, -0.1) is 0 Å². The van der Waals surface area contributed by atoms with Crippen LogP contribution in [0.2, 0.25) is 0 Å². The van der Waals surface area contributed by atoms with Crippen molar-refractivity contribution in [1.82, 2.24) is 9.62 Å². The van der Waals surface area contributed by atoms with E-state index in [1.165, 1.54) is 24.3 Å². The van der Waals surface area contributed by atoms with Gasteiger partial charge < -0.3 is 21.1 Å². The number of rotatable bonds is 11. The number of nitrogens with one attached hydrogen (secondary N) is 2. The highest BCUT2D eigenvalue weighted by atomic mass is 32.2. The summed E-state index contributed by atoms with van der Waals surface area (Å²) < 4.78 is 63.2. The van der Waals surface area contributed by atoms with Gasteiger partial charge in [0.15, 0.2) is 0 Å². The van der Waals surface area contributed by atoms with Gasteiger partial charge in [-0.3, -0.25) is 4.79 Å². The summed E-state index contributed by atoms with van der Waals surface area (Å²) in [5, 5.41) is 6.20. The molecule has 0 radical (unpaired) electrons. The molecule has 0 bridgehead atoms. The minimum Gasteiger partial charge on any atom is -0.381 e. The second-order valence-corrected chi connectivity index (χ2v) is 13.9. The molecule has 0 unspecified atom stereocenters. The van der Waals surface area contributed by atoms with Crippen LogP contribution in [0.25, 0.3) is 0 Å². The Morgan fingerprint density at radius 3 is 2.44 bits per heavy atom. The van der Waals surface area contributed by atoms with E-state index < -0.39 is 27.8 Å². The molecule has 3 aromatic carbocycles. The summed E-state index contributed by atoms with van der Waals surface area (Å²) >= 11 is 0. The zero-order chi connectivity index (χ0) is 32.0. The maximum Gasteiger partial charge on any atom is 0.243 e. The van der Waals surface area contributed by atoms with Crippen LogP contribution in [-0.4, -0.2) is 63.1 Å². The van der Waals surface area contributed by atoms with Crippen molar-refractivity contribution < 1.29 is 26.7 Å². The van der Waals surface area contributed by atoms with Crippen molar-refractivity contribution in [2.24, 2.45) is 11.7 Å². The van der Waals surface area contributed by atoms with E-state index in [-0.39, 0.29) is 34.6 Å². The monoisotopic (exact) mass is 640 g/mol. The zero-order valence-electron chi connectivity index (χ0n) is 25.5. The Labute approximate surface area is 264 Å². The molecule has 242 valence electrons. The highest BCUT2D eigenvalue weighted by molar-refractivity contribution is 7.89. The minimum absolute atomic E-state index is 0.0681. The van der Waals surface area contributed by atoms with E-state index in [0.717, 1.165) is 18.4 Å². The van der Waals surface area contributed by atoms with Crippen molar-refractivity contribution in [2.75, 3.05) is 31.6 Å². The van der Waals surface area contributed by atoms with Crippen molar-refractivity contribution >= 4 is 21.6 Å². The van der Waals surface area contributed by atoms with Crippen LogP contribution in [-0.2, 0) is 26.0 Å². The molecule has 2 fully saturated rings. The Morgan fingerprint density at radius 1 is 1.02 bits per heavy atom. The van der Waals surface area contributed by atoms with Gasteiger partial charge >= 0.3 is 0 Å². The summed E-state index contributed by atoms with van der Waals surface area (Å²) in [5.74, 6) is -1.58. The molecule has 5 rings (SSSR count). The van der Waals surface area contributed by atoms with Gasteiger partial charge in [-0.05, 0) is 86.9 Å². The largest absolute Gasteiger partial charge is 0.381 e. The number of ether oxygens (including phenoxy) is 1. The Bertz CT molecular complexity index is 1540. The maximum atomic E-state index is 15.2. The molecule has 0 aliphatic carbocycles. The van der Waals surface area contributed by atoms with E-state index >= 15 is 4.39 Å². The summed E-state index contributed by atoms with van der Waals surface area (Å²) in [7, 11) is -3.72. The van der Waals surface area contributed by atoms with E-state index in [2.05, 4.69) is 10.6 Å². The third-order valence-electron chi connectivity index (χ3n) is 8.99. The van der Waals surface area contributed by atoms with Crippen molar-refractivity contribution in [1.29, 1.82) is 0 Å². The quantitative estimate of drug-likeness (QED) is 0.277. The maximum absolute atomic E-state index is 15.2. The first-order valence-corrected chi connectivity index (χ1v) is 17.1. The molecule has 0 aromatic heterocycles. The number of carbonyl (C=O) groups excluding carboxylic acids is 1. The SMILES string of the molecule is C[C@@H]1CNC[C@H](CCCc2c(F)cccc2NC(=O)[C@@H](N)[C@@H](c2ccc(F)cc2)C2CCOCC2)N1S(=O)(=O)c1ccccc1. The van der Waals surface area contributed by atoms with Gasteiger partial charge in [0.05, 0.1) is 10.9 Å². The molecule has 45 heavy (non-hydrogen) atoms. The lowest BCUT2D eigenvalue weighted by Gasteiger charge is -2.40. The number of carbonyl (C=O) groups is 1. The molecule has 8 nitrogen and oxygen atoms in total. The van der Waals surface area contributed by atoms with Gasteiger partial charge in [0.1, 0.15) is 11.6 Å². The zero-order valence-corrected chi connectivity index (χ0v) is 26.3. The highest BCUT2D eigenvalue weighted by Gasteiger charge is 2.38. The van der Waals surface area contributed by atoms with Crippen LogP contribution >= 0.6 is 0 Å². The van der Waals surface area contributed by atoms with Crippen LogP contribution in [0.4, 0.5) is 14.5 Å². The average molecular weight is 641 g/mol. The van der Waals surface area contributed by atoms with Gasteiger partial charge in [0, 0.05) is 55.6 Å². The molecule has 0 saturated carbocycles. The van der Waals surface area contributed by atoms with Crippen LogP contribution < -0.4 is 16.4 Å². The number of hydrogen-bond acceptors (Lipinski definition) is 6. The molecular formula is C34H42F2N4O4S. The van der Waals surface area contributed by atoms with Crippen molar-refractivity contribution in [3.8, 4) is 0 Å². The first-order valence-electron chi connectivity index (χ1n) is 15.6. The third-order valence-corrected chi connectivity index (χ3v) is 11.1. The van der Waals surface area contributed by atoms with Crippen molar-refractivity contribution in [3.63, 3.8) is 0 Å². The fourth-order valence-electron chi connectivity index (χ4n) is 6.73. The van der Waals surface area contributed by atoms with Crippen molar-refractivity contribution in [2.45, 2.75) is 68.0 Å². The number of piperazine rings is 1. The molecule has 4 atom stereocenters. The number of halogens is 2. The molecule has 2 aliphatic rings. The molecular weight excluding hydrogens is 598 g/mol. The Morgan fingerprint density at radius 2 is 1.73 bits per heavy atom. The topological polar surface area (TPSA) is 114 Å². The number of nitrogens with two attached hydrogens (primary N) is 1. The average Bonchev–Trinajstić information content (AvgIpc) is 3.04. The van der Waals surface area contributed by atoms with Gasteiger partial charge in [0.25, 0.3) is 0 Å². The van der Waals surface area contributed by atoms with Crippen LogP contribution in [0.1, 0.15) is 49.7 Å². The number of amides is 1. The normalized spacial score (nSPS) is 21.2. The summed E-state index contributed by atoms with van der Waals surface area (Å²) in [4.78, 5) is 13.8. The summed E-state index contributed by atoms with van der Waals surface area (Å²) in [6.45, 7) is 4.03. The fourth-order valence-corrected chi connectivity index (χ4v) is 8.60. The Kier molecular flexibility index (Phi) is 11.0. The first-order chi connectivity index (χ1) is 21.7. The third kappa shape index (κ3) is 7.78. The van der Waals surface area contributed by atoms with E-state index in [1.54, 1.807) is 52.8 Å². The number of anilines is 1. The molecule has 2 aliphatic heterocycles. The highest BCUT2D eigenvalue weighted by Crippen LogP contribution is 2.35. The molecule has 1 amide bonds. The van der Waals surface area contributed by atoms with Crippen LogP contribution in [0, 0.1) is 17.6 Å². The summed E-state index contributed by atoms with van der Waals surface area (Å²) in [5.41, 5.74) is 8.06. The predicted octanol–water partition coefficient (Wildman–Crippen LogP) is 4.81. The van der Waals surface area contributed by atoms with Crippen molar-refractivity contribution in [3.05, 3.63) is 95.6 Å². The van der Waals surface area contributed by atoms with Crippen LogP contribution in [0.5, 0.6) is 0 Å². The van der Waals surface area contributed by atoms with Gasteiger partial charge in [-0.1, -0.05) is 36.4 Å². The van der Waals surface area contributed by atoms with E-state index in [1.807, 2.05) is 6.92 Å². The van der Waals surface area contributed by atoms with E-state index in [4.69, 9.17) is 10.5 Å². The molecule has 11 heteroatoms. The number of hydrogen-bond donors (Lipinski definition) is 3. The molecule has 0 spiro atoms. The number of nitrogens with zero attached hydrogens (tertiary/aromatic N) is 1. The summed E-state index contributed by atoms with van der Waals surface area (Å²) in [6, 6.07) is 17.5. The standard InChI is InChI=1S/C34H42F2N4O4S/c1-23-21-38-22-27(40(23)45(42,43)28-8-3-2-4-9-28)7-5-10-29-30(36)11-6-12-31(29)39-34(41)33(37)32(25-17-19-44-20-18-25)24-13-15-26(35)16-14-24/h2-4,6,8-9,11-16,23,25,27,32-33,38H,5,7,10,17-22,37H2,1H3,(H,39,41)/t23-,27+,32+,33+/m1/s1. The lowest BCUT2D eigenvalue weighted by Crippen LogP contribution is -2.58. The van der Waals surface area contributed by atoms with Crippen LogP contribution in [0.15, 0.2) is 77.7 Å². The second-order valence-electron chi connectivity index (χ2n) is 12.0. The number of benzene rings is 3. The van der Waals surface area contributed by atoms with Gasteiger partial charge in [0.2, 0.25) is 15.9 Å². The van der Waals surface area contributed by atoms with Crippen LogP contribution in [0.3, 0.4) is 0 Å². The lowest BCUT2D eigenvalue weighted by molar-refractivity contribution is -0.118. The molecule has 2 heterocycles. The first kappa shape index (κ1) is 33.2. The Hall–Kier alpha value is -3.22.